The van der Waals surface area contributed by atoms with E-state index in [9.17, 15) is 9.18 Å². The number of nitrogen functional groups attached to an aromatic ring is 1. The van der Waals surface area contributed by atoms with Crippen LogP contribution in [-0.2, 0) is 4.74 Å². The van der Waals surface area contributed by atoms with Crippen LogP contribution in [-0.4, -0.2) is 17.8 Å². The number of carbonyl (C=O) groups is 1. The van der Waals surface area contributed by atoms with Crippen molar-refractivity contribution in [2.24, 2.45) is 0 Å². The minimum absolute atomic E-state index is 0.144. The third kappa shape index (κ3) is 4.20. The van der Waals surface area contributed by atoms with Crippen LogP contribution in [0.4, 0.5) is 21.5 Å². The van der Waals surface area contributed by atoms with Crippen molar-refractivity contribution in [1.82, 2.24) is 0 Å². The van der Waals surface area contributed by atoms with Crippen LogP contribution in [0.25, 0.3) is 0 Å². The highest BCUT2D eigenvalue weighted by Gasteiger charge is 2.23. The Morgan fingerprint density at radius 1 is 1.21 bits per heavy atom. The van der Waals surface area contributed by atoms with Gasteiger partial charge in [0.2, 0.25) is 0 Å². The monoisotopic (exact) mass is 348 g/mol. The molecule has 0 spiro atoms. The number of ether oxygens (including phenoxy) is 1. The van der Waals surface area contributed by atoms with Crippen molar-refractivity contribution in [2.75, 3.05) is 18.2 Å². The molecular formula is C18H21FN2O2S. The highest BCUT2D eigenvalue weighted by Crippen LogP contribution is 2.43. The predicted octanol–water partition coefficient (Wildman–Crippen LogP) is 4.83. The molecule has 0 aliphatic carbocycles. The first kappa shape index (κ1) is 18.1. The number of nitrogens with one attached hydrogen (secondary N) is 1. The number of methoxy groups -OCH3 is 1. The van der Waals surface area contributed by atoms with E-state index in [0.717, 1.165) is 0 Å². The number of para-hydroxylation sites is 1. The first-order valence-electron chi connectivity index (χ1n) is 7.44. The first-order chi connectivity index (χ1) is 11.2. The summed E-state index contributed by atoms with van der Waals surface area (Å²) >= 11 is 1.50. The molecular weight excluding hydrogens is 327 g/mol. The average Bonchev–Trinajstić information content (AvgIpc) is 2.51. The van der Waals surface area contributed by atoms with Crippen molar-refractivity contribution < 1.29 is 13.9 Å². The van der Waals surface area contributed by atoms with Gasteiger partial charge in [-0.1, -0.05) is 32.9 Å². The number of anilines is 3. The van der Waals surface area contributed by atoms with Gasteiger partial charge in [0.15, 0.2) is 0 Å². The van der Waals surface area contributed by atoms with Gasteiger partial charge in [0.05, 0.1) is 28.9 Å². The van der Waals surface area contributed by atoms with Crippen LogP contribution in [0.5, 0.6) is 0 Å². The third-order valence-electron chi connectivity index (χ3n) is 3.14. The smallest absolute Gasteiger partial charge is 0.340 e. The molecule has 0 aromatic heterocycles. The number of carbonyl (C=O) groups excluding carboxylic acids is 1. The Balaban J connectivity index is 2.61. The highest BCUT2D eigenvalue weighted by atomic mass is 32.2. The lowest BCUT2D eigenvalue weighted by molar-refractivity contribution is 0.0601. The Hall–Kier alpha value is -2.21. The van der Waals surface area contributed by atoms with Gasteiger partial charge in [-0.2, -0.15) is 0 Å². The molecule has 3 N–H and O–H groups in total. The molecule has 2 aromatic carbocycles. The van der Waals surface area contributed by atoms with Crippen LogP contribution in [0.2, 0.25) is 0 Å². The van der Waals surface area contributed by atoms with Crippen LogP contribution in [0.3, 0.4) is 0 Å². The molecule has 0 radical (unpaired) electrons. The molecule has 6 heteroatoms. The lowest BCUT2D eigenvalue weighted by Crippen LogP contribution is -2.12. The van der Waals surface area contributed by atoms with Gasteiger partial charge in [-0.15, -0.1) is 11.8 Å². The molecule has 128 valence electrons. The van der Waals surface area contributed by atoms with Crippen molar-refractivity contribution in [3.63, 3.8) is 0 Å². The van der Waals surface area contributed by atoms with Crippen molar-refractivity contribution >= 4 is 34.8 Å². The Morgan fingerprint density at radius 3 is 2.46 bits per heavy atom. The maximum absolute atomic E-state index is 14.0. The molecule has 24 heavy (non-hydrogen) atoms. The Morgan fingerprint density at radius 2 is 1.88 bits per heavy atom. The van der Waals surface area contributed by atoms with E-state index in [-0.39, 0.29) is 10.4 Å². The summed E-state index contributed by atoms with van der Waals surface area (Å²) in [6.07, 6.45) is 0. The quantitative estimate of drug-likeness (QED) is 0.471. The standard InChI is InChI=1S/C18H21FN2O2S/c1-18(2,3)24-16-13(20)10-9-11(17(22)23-4)15(16)21-14-8-6-5-7-12(14)19/h5-10,21H,20H2,1-4H3. The van der Waals surface area contributed by atoms with Gasteiger partial charge in [-0.25, -0.2) is 9.18 Å². The van der Waals surface area contributed by atoms with Crippen LogP contribution in [0.15, 0.2) is 41.3 Å². The van der Waals surface area contributed by atoms with Gasteiger partial charge in [-0.3, -0.25) is 0 Å². The molecule has 0 heterocycles. The number of halogens is 1. The normalized spacial score (nSPS) is 11.2. The van der Waals surface area contributed by atoms with Crippen molar-refractivity contribution in [1.29, 1.82) is 0 Å². The fourth-order valence-corrected chi connectivity index (χ4v) is 3.18. The van der Waals surface area contributed by atoms with E-state index in [1.165, 1.54) is 24.9 Å². The number of nitrogens with two attached hydrogens (primary N) is 1. The summed E-state index contributed by atoms with van der Waals surface area (Å²) in [5.41, 5.74) is 7.66. The molecule has 0 saturated carbocycles. The van der Waals surface area contributed by atoms with Crippen LogP contribution in [0.1, 0.15) is 31.1 Å². The molecule has 0 atom stereocenters. The lowest BCUT2D eigenvalue weighted by Gasteiger charge is -2.23. The van der Waals surface area contributed by atoms with Gasteiger partial charge in [0.25, 0.3) is 0 Å². The van der Waals surface area contributed by atoms with Gasteiger partial charge in [0.1, 0.15) is 5.82 Å². The summed E-state index contributed by atoms with van der Waals surface area (Å²) in [7, 11) is 1.31. The number of hydrogen-bond donors (Lipinski definition) is 2. The van der Waals surface area contributed by atoms with Crippen molar-refractivity contribution in [2.45, 2.75) is 30.4 Å². The second kappa shape index (κ2) is 7.13. The molecule has 0 amide bonds. The summed E-state index contributed by atoms with van der Waals surface area (Å²) < 4.78 is 18.7. The maximum Gasteiger partial charge on any atom is 0.340 e. The molecule has 0 aliphatic rings. The van der Waals surface area contributed by atoms with Crippen LogP contribution < -0.4 is 11.1 Å². The molecule has 4 nitrogen and oxygen atoms in total. The number of esters is 1. The number of hydrogen-bond acceptors (Lipinski definition) is 5. The summed E-state index contributed by atoms with van der Waals surface area (Å²) in [6, 6.07) is 9.51. The molecule has 2 aromatic rings. The van der Waals surface area contributed by atoms with Crippen LogP contribution >= 0.6 is 11.8 Å². The highest BCUT2D eigenvalue weighted by molar-refractivity contribution is 8.00. The van der Waals surface area contributed by atoms with E-state index in [1.807, 2.05) is 20.8 Å². The summed E-state index contributed by atoms with van der Waals surface area (Å²) in [5.74, 6) is -0.924. The van der Waals surface area contributed by atoms with Crippen LogP contribution in [0, 0.1) is 5.82 Å². The SMILES string of the molecule is COC(=O)c1ccc(N)c(SC(C)(C)C)c1Nc1ccccc1F. The second-order valence-electron chi connectivity index (χ2n) is 6.22. The van der Waals surface area contributed by atoms with Gasteiger partial charge in [-0.05, 0) is 24.3 Å². The molecule has 0 bridgehead atoms. The number of rotatable bonds is 4. The average molecular weight is 348 g/mol. The van der Waals surface area contributed by atoms with E-state index in [2.05, 4.69) is 5.32 Å². The van der Waals surface area contributed by atoms with Crippen molar-refractivity contribution in [3.05, 3.63) is 47.8 Å². The fourth-order valence-electron chi connectivity index (χ4n) is 2.12. The molecule has 0 saturated heterocycles. The summed E-state index contributed by atoms with van der Waals surface area (Å²) in [6.45, 7) is 6.11. The first-order valence-corrected chi connectivity index (χ1v) is 8.26. The topological polar surface area (TPSA) is 64.3 Å². The van der Waals surface area contributed by atoms with E-state index in [0.29, 0.717) is 21.8 Å². The fraction of sp³-hybridized carbons (Fsp3) is 0.278. The second-order valence-corrected chi connectivity index (χ2v) is 8.05. The van der Waals surface area contributed by atoms with E-state index in [4.69, 9.17) is 10.5 Å². The zero-order valence-corrected chi connectivity index (χ0v) is 15.0. The number of benzene rings is 2. The lowest BCUT2D eigenvalue weighted by atomic mass is 10.1. The van der Waals surface area contributed by atoms with E-state index >= 15 is 0 Å². The van der Waals surface area contributed by atoms with E-state index < -0.39 is 11.8 Å². The number of thioether (sulfide) groups is 1. The minimum atomic E-state index is -0.510. The Labute approximate surface area is 145 Å². The van der Waals surface area contributed by atoms with E-state index in [1.54, 1.807) is 30.3 Å². The van der Waals surface area contributed by atoms with Gasteiger partial charge >= 0.3 is 5.97 Å². The minimum Gasteiger partial charge on any atom is -0.465 e. The van der Waals surface area contributed by atoms with Gasteiger partial charge < -0.3 is 15.8 Å². The van der Waals surface area contributed by atoms with Crippen molar-refractivity contribution in [3.8, 4) is 0 Å². The molecule has 2 rings (SSSR count). The predicted molar refractivity (Wildman–Crippen MR) is 97.5 cm³/mol. The Bertz CT molecular complexity index is 757. The third-order valence-corrected chi connectivity index (χ3v) is 4.39. The summed E-state index contributed by atoms with van der Waals surface area (Å²) in [4.78, 5) is 12.8. The molecule has 0 aliphatic heterocycles. The summed E-state index contributed by atoms with van der Waals surface area (Å²) in [5, 5.41) is 3.01. The van der Waals surface area contributed by atoms with Gasteiger partial charge in [0, 0.05) is 10.4 Å². The molecule has 0 unspecified atom stereocenters. The Kier molecular flexibility index (Phi) is 5.39. The maximum atomic E-state index is 14.0. The largest absolute Gasteiger partial charge is 0.465 e. The molecule has 0 fully saturated rings. The zero-order valence-electron chi connectivity index (χ0n) is 14.1. The zero-order chi connectivity index (χ0) is 17.9.